The lowest BCUT2D eigenvalue weighted by Gasteiger charge is -2.29. The molecule has 0 spiro atoms. The smallest absolute Gasteiger partial charge is 0.0552 e. The topological polar surface area (TPSA) is 3.24 Å². The molecule has 2 heteroatoms. The van der Waals surface area contributed by atoms with Crippen LogP contribution in [-0.2, 0) is 6.42 Å². The van der Waals surface area contributed by atoms with E-state index in [1.165, 1.54) is 75.2 Å². The molecule has 1 nitrogen and oxygen atoms in total. The van der Waals surface area contributed by atoms with Crippen molar-refractivity contribution in [3.63, 3.8) is 0 Å². The monoisotopic (exact) mass is 721 g/mol. The molecule has 0 radical (unpaired) electrons. The van der Waals surface area contributed by atoms with E-state index in [-0.39, 0.29) is 5.92 Å². The Balaban J connectivity index is 1.28. The quantitative estimate of drug-likeness (QED) is 0.134. The third kappa shape index (κ3) is 6.25. The summed E-state index contributed by atoms with van der Waals surface area (Å²) in [7, 11) is 0. The van der Waals surface area contributed by atoms with Gasteiger partial charge in [0.2, 0.25) is 0 Å². The highest BCUT2D eigenvalue weighted by Crippen LogP contribution is 2.48. The molecule has 1 unspecified atom stereocenters. The molecule has 55 heavy (non-hydrogen) atoms. The van der Waals surface area contributed by atoms with Crippen LogP contribution in [-0.4, -0.2) is 0 Å². The Hall–Kier alpha value is -6.48. The van der Waals surface area contributed by atoms with E-state index in [0.717, 1.165) is 24.2 Å². The van der Waals surface area contributed by atoms with Crippen molar-refractivity contribution in [2.45, 2.75) is 18.8 Å². The number of fused-ring (bicyclic) bond motifs is 6. The van der Waals surface area contributed by atoms with Crippen molar-refractivity contribution in [2.75, 3.05) is 4.90 Å². The second-order valence-corrected chi connectivity index (χ2v) is 15.5. The summed E-state index contributed by atoms with van der Waals surface area (Å²) in [6.45, 7) is 0. The standard InChI is InChI=1S/C53H39NS/c1-5-17-37(18-6-1)29-32-44(38-19-7-2-8-20-38)48-36-52-49(46-27-15-16-28-51(46)55-52)35-47(48)41-33-40-31-30-39-21-13-14-26-45(39)53(40)50(34-41)54(42-22-9-3-10-23-42)43-24-11-4-12-25-43/h1-28,30-31,33-36,44H,29,32H2. The molecule has 0 aliphatic carbocycles. The minimum absolute atomic E-state index is 0.195. The average Bonchev–Trinajstić information content (AvgIpc) is 3.62. The van der Waals surface area contributed by atoms with Gasteiger partial charge in [0.25, 0.3) is 0 Å². The lowest BCUT2D eigenvalue weighted by Crippen LogP contribution is -2.11. The number of anilines is 3. The second kappa shape index (κ2) is 14.4. The fourth-order valence-electron chi connectivity index (χ4n) is 8.50. The second-order valence-electron chi connectivity index (χ2n) is 14.4. The molecule has 0 amide bonds. The molecule has 0 aliphatic rings. The van der Waals surface area contributed by atoms with Crippen LogP contribution in [0.1, 0.15) is 29.0 Å². The van der Waals surface area contributed by atoms with Gasteiger partial charge in [-0.3, -0.25) is 0 Å². The molecule has 0 saturated carbocycles. The summed E-state index contributed by atoms with van der Waals surface area (Å²) in [6.07, 6.45) is 2.00. The van der Waals surface area contributed by atoms with Crippen molar-refractivity contribution in [3.05, 3.63) is 223 Å². The number of thiophene rings is 1. The van der Waals surface area contributed by atoms with Crippen LogP contribution in [0.25, 0.3) is 52.8 Å². The van der Waals surface area contributed by atoms with E-state index in [0.29, 0.717) is 0 Å². The van der Waals surface area contributed by atoms with Crippen molar-refractivity contribution < 1.29 is 0 Å². The Kier molecular flexibility index (Phi) is 8.67. The van der Waals surface area contributed by atoms with Gasteiger partial charge in [0.1, 0.15) is 0 Å². The Morgan fingerprint density at radius 1 is 0.455 bits per heavy atom. The summed E-state index contributed by atoms with van der Waals surface area (Å²) in [5.74, 6) is 0.195. The summed E-state index contributed by atoms with van der Waals surface area (Å²) in [6, 6.07) is 76.0. The number of hydrogen-bond acceptors (Lipinski definition) is 2. The highest BCUT2D eigenvalue weighted by Gasteiger charge is 2.24. The highest BCUT2D eigenvalue weighted by atomic mass is 32.1. The van der Waals surface area contributed by atoms with E-state index in [9.17, 15) is 0 Å². The van der Waals surface area contributed by atoms with Gasteiger partial charge in [-0.25, -0.2) is 0 Å². The molecule has 1 aromatic heterocycles. The van der Waals surface area contributed by atoms with Gasteiger partial charge < -0.3 is 4.90 Å². The first-order chi connectivity index (χ1) is 27.3. The van der Waals surface area contributed by atoms with Gasteiger partial charge in [0.15, 0.2) is 0 Å². The molecular weight excluding hydrogens is 683 g/mol. The molecule has 0 saturated heterocycles. The lowest BCUT2D eigenvalue weighted by molar-refractivity contribution is 0.717. The van der Waals surface area contributed by atoms with Crippen LogP contribution in [0.4, 0.5) is 17.1 Å². The SMILES string of the molecule is c1ccc(CCC(c2ccccc2)c2cc3sc4ccccc4c3cc2-c2cc(N(c3ccccc3)c3ccccc3)c3c(ccc4ccccc43)c2)cc1. The van der Waals surface area contributed by atoms with Crippen molar-refractivity contribution in [1.29, 1.82) is 0 Å². The number of aryl methyl sites for hydroxylation is 1. The molecule has 10 rings (SSSR count). The zero-order valence-electron chi connectivity index (χ0n) is 30.5. The third-order valence-corrected chi connectivity index (χ3v) is 12.2. The molecule has 0 aliphatic heterocycles. The summed E-state index contributed by atoms with van der Waals surface area (Å²) >= 11 is 1.91. The first-order valence-corrected chi connectivity index (χ1v) is 20.0. The first-order valence-electron chi connectivity index (χ1n) is 19.2. The van der Waals surface area contributed by atoms with E-state index < -0.39 is 0 Å². The Bertz CT molecular complexity index is 2880. The van der Waals surface area contributed by atoms with Crippen molar-refractivity contribution >= 4 is 70.1 Å². The Morgan fingerprint density at radius 2 is 1.05 bits per heavy atom. The van der Waals surface area contributed by atoms with Crippen LogP contribution in [0.5, 0.6) is 0 Å². The number of hydrogen-bond donors (Lipinski definition) is 0. The maximum Gasteiger partial charge on any atom is 0.0552 e. The maximum atomic E-state index is 2.52. The van der Waals surface area contributed by atoms with E-state index in [1.807, 2.05) is 11.3 Å². The largest absolute Gasteiger partial charge is 0.310 e. The van der Waals surface area contributed by atoms with Crippen LogP contribution < -0.4 is 4.90 Å². The first kappa shape index (κ1) is 33.1. The van der Waals surface area contributed by atoms with Gasteiger partial charge in [-0.15, -0.1) is 11.3 Å². The molecule has 1 heterocycles. The zero-order valence-corrected chi connectivity index (χ0v) is 31.3. The minimum Gasteiger partial charge on any atom is -0.310 e. The van der Waals surface area contributed by atoms with E-state index in [1.54, 1.807) is 0 Å². The number of nitrogens with zero attached hydrogens (tertiary/aromatic N) is 1. The minimum atomic E-state index is 0.195. The number of rotatable bonds is 9. The van der Waals surface area contributed by atoms with Gasteiger partial charge >= 0.3 is 0 Å². The molecule has 10 aromatic rings. The Labute approximate surface area is 326 Å². The van der Waals surface area contributed by atoms with Crippen LogP contribution in [0.15, 0.2) is 206 Å². The lowest BCUT2D eigenvalue weighted by atomic mass is 9.81. The third-order valence-electron chi connectivity index (χ3n) is 11.1. The zero-order chi connectivity index (χ0) is 36.6. The molecule has 0 fully saturated rings. The molecule has 9 aromatic carbocycles. The fourth-order valence-corrected chi connectivity index (χ4v) is 9.64. The molecular formula is C53H39NS. The highest BCUT2D eigenvalue weighted by molar-refractivity contribution is 7.25. The Morgan fingerprint density at radius 3 is 1.78 bits per heavy atom. The van der Waals surface area contributed by atoms with Crippen LogP contribution in [0.3, 0.4) is 0 Å². The maximum absolute atomic E-state index is 2.52. The number of benzene rings is 9. The molecule has 262 valence electrons. The van der Waals surface area contributed by atoms with Crippen molar-refractivity contribution in [1.82, 2.24) is 0 Å². The van der Waals surface area contributed by atoms with Crippen LogP contribution >= 0.6 is 11.3 Å². The molecule has 1 atom stereocenters. The number of para-hydroxylation sites is 2. The summed E-state index contributed by atoms with van der Waals surface area (Å²) < 4.78 is 2.66. The summed E-state index contributed by atoms with van der Waals surface area (Å²) in [4.78, 5) is 2.44. The van der Waals surface area contributed by atoms with Gasteiger partial charge in [-0.2, -0.15) is 0 Å². The predicted octanol–water partition coefficient (Wildman–Crippen LogP) is 15.3. The molecule has 0 bridgehead atoms. The van der Waals surface area contributed by atoms with E-state index in [4.69, 9.17) is 0 Å². The predicted molar refractivity (Wildman–Crippen MR) is 238 cm³/mol. The summed E-state index contributed by atoms with van der Waals surface area (Å²) in [5.41, 5.74) is 10.0. The normalized spacial score (nSPS) is 12.1. The van der Waals surface area contributed by atoms with Crippen molar-refractivity contribution in [2.24, 2.45) is 0 Å². The van der Waals surface area contributed by atoms with Gasteiger partial charge in [0, 0.05) is 42.9 Å². The van der Waals surface area contributed by atoms with E-state index in [2.05, 4.69) is 211 Å². The van der Waals surface area contributed by atoms with Crippen molar-refractivity contribution in [3.8, 4) is 11.1 Å². The van der Waals surface area contributed by atoms with Gasteiger partial charge in [0.05, 0.1) is 5.69 Å². The van der Waals surface area contributed by atoms with Crippen LogP contribution in [0.2, 0.25) is 0 Å². The van der Waals surface area contributed by atoms with Gasteiger partial charge in [-0.05, 0) is 111 Å². The van der Waals surface area contributed by atoms with Gasteiger partial charge in [-0.1, -0.05) is 152 Å². The average molecular weight is 722 g/mol. The van der Waals surface area contributed by atoms with Crippen LogP contribution in [0, 0.1) is 0 Å². The summed E-state index contributed by atoms with van der Waals surface area (Å²) in [5, 5.41) is 7.60. The fraction of sp³-hybridized carbons (Fsp3) is 0.0566. The van der Waals surface area contributed by atoms with E-state index >= 15 is 0 Å². The molecule has 0 N–H and O–H groups in total.